The van der Waals surface area contributed by atoms with Crippen molar-refractivity contribution >= 4 is 25.6 Å². The molecule has 0 saturated heterocycles. The van der Waals surface area contributed by atoms with E-state index in [4.69, 9.17) is 10.7 Å². The molecule has 0 aromatic rings. The molecule has 0 aromatic carbocycles. The van der Waals surface area contributed by atoms with Crippen molar-refractivity contribution in [1.82, 2.24) is 4.90 Å². The van der Waals surface area contributed by atoms with Crippen LogP contribution in [0.15, 0.2) is 0 Å². The van der Waals surface area contributed by atoms with Crippen LogP contribution in [-0.4, -0.2) is 37.6 Å². The van der Waals surface area contributed by atoms with E-state index in [1.165, 1.54) is 0 Å². The molecule has 0 unspecified atom stereocenters. The molecule has 1 aliphatic rings. The lowest BCUT2D eigenvalue weighted by molar-refractivity contribution is -0.128. The maximum atomic E-state index is 11.3. The fourth-order valence-corrected chi connectivity index (χ4v) is 2.00. The molecule has 0 radical (unpaired) electrons. The Morgan fingerprint density at radius 3 is 2.38 bits per heavy atom. The number of nitrogens with zero attached hydrogens (tertiary/aromatic N) is 1. The van der Waals surface area contributed by atoms with Gasteiger partial charge in [0.25, 0.3) is 0 Å². The van der Waals surface area contributed by atoms with Crippen molar-refractivity contribution in [1.29, 1.82) is 0 Å². The Kier molecular flexibility index (Phi) is 3.18. The highest BCUT2D eigenvalue weighted by molar-refractivity contribution is 8.14. The van der Waals surface area contributed by atoms with E-state index >= 15 is 0 Å². The van der Waals surface area contributed by atoms with Gasteiger partial charge >= 0.3 is 0 Å². The summed E-state index contributed by atoms with van der Waals surface area (Å²) in [6.07, 6.45) is 1.95. The quantitative estimate of drug-likeness (QED) is 0.658. The largest absolute Gasteiger partial charge is 0.339 e. The summed E-state index contributed by atoms with van der Waals surface area (Å²) in [4.78, 5) is 12.9. The van der Waals surface area contributed by atoms with Crippen LogP contribution in [-0.2, 0) is 13.8 Å². The molecule has 1 rings (SSSR count). The highest BCUT2D eigenvalue weighted by Gasteiger charge is 2.32. The minimum absolute atomic E-state index is 0.246. The van der Waals surface area contributed by atoms with Crippen LogP contribution in [0.1, 0.15) is 19.8 Å². The number of carbonyl (C=O) groups is 1. The third-order valence-electron chi connectivity index (χ3n) is 1.94. The zero-order valence-electron chi connectivity index (χ0n) is 7.36. The molecule has 1 aliphatic carbocycles. The van der Waals surface area contributed by atoms with Gasteiger partial charge < -0.3 is 4.90 Å². The van der Waals surface area contributed by atoms with Gasteiger partial charge in [-0.05, 0) is 19.8 Å². The van der Waals surface area contributed by atoms with Gasteiger partial charge in [0.15, 0.2) is 0 Å². The van der Waals surface area contributed by atoms with Crippen molar-refractivity contribution in [3.05, 3.63) is 0 Å². The third kappa shape index (κ3) is 3.52. The van der Waals surface area contributed by atoms with E-state index in [1.54, 1.807) is 4.90 Å². The average molecular weight is 226 g/mol. The summed E-state index contributed by atoms with van der Waals surface area (Å²) in [5, 5.41) is 0. The summed E-state index contributed by atoms with van der Waals surface area (Å²) in [6, 6.07) is 0.246. The molecule has 1 saturated carbocycles. The Morgan fingerprint density at radius 1 is 1.54 bits per heavy atom. The van der Waals surface area contributed by atoms with Crippen molar-refractivity contribution < 1.29 is 13.2 Å². The van der Waals surface area contributed by atoms with E-state index in [9.17, 15) is 13.2 Å². The lowest BCUT2D eigenvalue weighted by Gasteiger charge is -2.19. The van der Waals surface area contributed by atoms with E-state index in [2.05, 4.69) is 0 Å². The smallest absolute Gasteiger partial charge is 0.241 e. The maximum Gasteiger partial charge on any atom is 0.241 e. The van der Waals surface area contributed by atoms with Gasteiger partial charge in [0.2, 0.25) is 15.0 Å². The Hall–Kier alpha value is -0.290. The van der Waals surface area contributed by atoms with Gasteiger partial charge in [-0.25, -0.2) is 8.42 Å². The molecular formula is C7H12ClNO3S. The molecule has 0 spiro atoms. The lowest BCUT2D eigenvalue weighted by atomic mass is 10.4. The van der Waals surface area contributed by atoms with Crippen LogP contribution in [0.2, 0.25) is 0 Å². The van der Waals surface area contributed by atoms with Crippen molar-refractivity contribution in [3.8, 4) is 0 Å². The van der Waals surface area contributed by atoms with Gasteiger partial charge in [0.1, 0.15) is 5.75 Å². The van der Waals surface area contributed by atoms with Crippen LogP contribution in [0.4, 0.5) is 0 Å². The predicted octanol–water partition coefficient (Wildman–Crippen LogP) is 0.566. The van der Waals surface area contributed by atoms with Crippen molar-refractivity contribution in [3.63, 3.8) is 0 Å². The van der Waals surface area contributed by atoms with Gasteiger partial charge in [0, 0.05) is 23.3 Å². The first-order valence-electron chi connectivity index (χ1n) is 4.16. The van der Waals surface area contributed by atoms with Crippen molar-refractivity contribution in [2.45, 2.75) is 25.8 Å². The van der Waals surface area contributed by atoms with Gasteiger partial charge in [-0.15, -0.1) is 0 Å². The topological polar surface area (TPSA) is 54.5 Å². The van der Waals surface area contributed by atoms with E-state index < -0.39 is 14.8 Å². The maximum absolute atomic E-state index is 11.3. The van der Waals surface area contributed by atoms with Gasteiger partial charge in [-0.1, -0.05) is 0 Å². The molecule has 0 aromatic heterocycles. The fourth-order valence-electron chi connectivity index (χ4n) is 1.25. The van der Waals surface area contributed by atoms with Crippen LogP contribution in [0.5, 0.6) is 0 Å². The number of halogens is 1. The van der Waals surface area contributed by atoms with Crippen LogP contribution >= 0.6 is 10.7 Å². The second kappa shape index (κ2) is 3.84. The summed E-state index contributed by atoms with van der Waals surface area (Å²) in [5.74, 6) is -0.973. The summed E-state index contributed by atoms with van der Waals surface area (Å²) in [5.41, 5.74) is 0. The average Bonchev–Trinajstić information content (AvgIpc) is 2.68. The Labute approximate surface area is 82.3 Å². The second-order valence-corrected chi connectivity index (χ2v) is 5.87. The first-order valence-corrected chi connectivity index (χ1v) is 6.63. The number of amides is 1. The van der Waals surface area contributed by atoms with Gasteiger partial charge in [-0.2, -0.15) is 0 Å². The molecule has 0 heterocycles. The van der Waals surface area contributed by atoms with Crippen molar-refractivity contribution in [2.75, 3.05) is 12.3 Å². The standard InChI is InChI=1S/C7H12ClNO3S/c1-2-9(6-3-4-6)7(10)5-13(8,11)12/h6H,2-5H2,1H3. The first-order chi connectivity index (χ1) is 5.94. The summed E-state index contributed by atoms with van der Waals surface area (Å²) in [6.45, 7) is 2.38. The minimum atomic E-state index is -3.70. The van der Waals surface area contributed by atoms with Crippen LogP contribution < -0.4 is 0 Å². The molecule has 0 N–H and O–H groups in total. The third-order valence-corrected chi connectivity index (χ3v) is 2.86. The molecule has 0 bridgehead atoms. The second-order valence-electron chi connectivity index (χ2n) is 3.09. The first kappa shape index (κ1) is 10.8. The molecule has 1 amide bonds. The molecule has 0 aliphatic heterocycles. The van der Waals surface area contributed by atoms with Crippen molar-refractivity contribution in [2.24, 2.45) is 0 Å². The Morgan fingerprint density at radius 2 is 2.08 bits per heavy atom. The molecule has 76 valence electrons. The number of rotatable bonds is 4. The molecule has 4 nitrogen and oxygen atoms in total. The predicted molar refractivity (Wildman–Crippen MR) is 50.0 cm³/mol. The molecule has 0 atom stereocenters. The SMILES string of the molecule is CCN(C(=O)CS(=O)(=O)Cl)C1CC1. The van der Waals surface area contributed by atoms with Crippen LogP contribution in [0.25, 0.3) is 0 Å². The van der Waals surface area contributed by atoms with E-state index in [0.717, 1.165) is 12.8 Å². The number of hydrogen-bond acceptors (Lipinski definition) is 3. The Balaban J connectivity index is 2.54. The number of carbonyl (C=O) groups excluding carboxylic acids is 1. The summed E-state index contributed by atoms with van der Waals surface area (Å²) < 4.78 is 21.2. The molecular weight excluding hydrogens is 214 g/mol. The highest BCUT2D eigenvalue weighted by Crippen LogP contribution is 2.26. The molecule has 6 heteroatoms. The zero-order valence-corrected chi connectivity index (χ0v) is 8.94. The van der Waals surface area contributed by atoms with Crippen LogP contribution in [0, 0.1) is 0 Å². The zero-order chi connectivity index (χ0) is 10.1. The lowest BCUT2D eigenvalue weighted by Crippen LogP contribution is -2.36. The number of hydrogen-bond donors (Lipinski definition) is 0. The minimum Gasteiger partial charge on any atom is -0.339 e. The van der Waals surface area contributed by atoms with Gasteiger partial charge in [-0.3, -0.25) is 4.79 Å². The normalized spacial score (nSPS) is 17.1. The molecule has 1 fully saturated rings. The van der Waals surface area contributed by atoms with E-state index in [-0.39, 0.29) is 11.9 Å². The summed E-state index contributed by atoms with van der Waals surface area (Å²) in [7, 11) is 1.28. The Bertz CT molecular complexity index is 297. The molecule has 13 heavy (non-hydrogen) atoms. The highest BCUT2D eigenvalue weighted by atomic mass is 35.7. The van der Waals surface area contributed by atoms with E-state index in [0.29, 0.717) is 6.54 Å². The van der Waals surface area contributed by atoms with Gasteiger partial charge in [0.05, 0.1) is 0 Å². The monoisotopic (exact) mass is 225 g/mol. The summed E-state index contributed by atoms with van der Waals surface area (Å²) >= 11 is 0. The fraction of sp³-hybridized carbons (Fsp3) is 0.857. The van der Waals surface area contributed by atoms with Crippen LogP contribution in [0.3, 0.4) is 0 Å². The van der Waals surface area contributed by atoms with E-state index in [1.807, 2.05) is 6.92 Å².